The molecule has 1 aromatic heterocycles. The summed E-state index contributed by atoms with van der Waals surface area (Å²) in [5.74, 6) is 0.703. The molecular weight excluding hydrogens is 216 g/mol. The Bertz CT molecular complexity index is 385. The van der Waals surface area contributed by atoms with Gasteiger partial charge in [0.2, 0.25) is 0 Å². The smallest absolute Gasteiger partial charge is 0.278 e. The van der Waals surface area contributed by atoms with Crippen molar-refractivity contribution >= 4 is 32.5 Å². The molecule has 0 saturated heterocycles. The number of fused-ring (bicyclic) bond motifs is 1. The average molecular weight is 224 g/mol. The number of anilines is 1. The van der Waals surface area contributed by atoms with Gasteiger partial charge >= 0.3 is 0 Å². The zero-order valence-electron chi connectivity index (χ0n) is 6.34. The van der Waals surface area contributed by atoms with Gasteiger partial charge in [-0.25, -0.2) is 4.98 Å². The van der Waals surface area contributed by atoms with Gasteiger partial charge in [-0.2, -0.15) is 0 Å². The van der Waals surface area contributed by atoms with Gasteiger partial charge in [-0.3, -0.25) is 5.73 Å². The molecule has 2 aromatic rings. The third-order valence-electron chi connectivity index (χ3n) is 1.83. The number of pyridine rings is 1. The number of H-pyrrole nitrogens is 1. The van der Waals surface area contributed by atoms with Crippen LogP contribution in [0.4, 0.5) is 5.82 Å². The van der Waals surface area contributed by atoms with Gasteiger partial charge in [0.1, 0.15) is 6.20 Å². The average Bonchev–Trinajstić information content (AvgIpc) is 2.12. The molecule has 0 amide bonds. The molecule has 0 aliphatic rings. The molecule has 0 spiro atoms. The molecule has 3 N–H and O–H groups in total. The van der Waals surface area contributed by atoms with Crippen LogP contribution in [0.1, 0.15) is 0 Å². The number of aromatic amines is 1. The summed E-state index contributed by atoms with van der Waals surface area (Å²) in [6.07, 6.45) is 1.84. The van der Waals surface area contributed by atoms with Gasteiger partial charge in [-0.1, -0.05) is 18.2 Å². The van der Waals surface area contributed by atoms with Gasteiger partial charge < -0.3 is 0 Å². The maximum Gasteiger partial charge on any atom is 0.278 e. The van der Waals surface area contributed by atoms with Gasteiger partial charge in [0.05, 0.1) is 9.86 Å². The topological polar surface area (TPSA) is 40.2 Å². The number of rotatable bonds is 0. The standard InChI is InChI=1S/C9H7BrN2/c10-8-5-12-9(11)7-4-2-1-3-6(7)8/h1-5H,(H2,11,12)/p+1. The predicted molar refractivity (Wildman–Crippen MR) is 52.6 cm³/mol. The van der Waals surface area contributed by atoms with E-state index in [0.29, 0.717) is 5.82 Å². The zero-order valence-corrected chi connectivity index (χ0v) is 7.93. The summed E-state index contributed by atoms with van der Waals surface area (Å²) in [5.41, 5.74) is 5.75. The Morgan fingerprint density at radius 3 is 2.50 bits per heavy atom. The highest BCUT2D eigenvalue weighted by Crippen LogP contribution is 2.23. The summed E-state index contributed by atoms with van der Waals surface area (Å²) in [7, 11) is 0. The highest BCUT2D eigenvalue weighted by molar-refractivity contribution is 9.10. The lowest BCUT2D eigenvalue weighted by Gasteiger charge is -1.97. The SMILES string of the molecule is Nc1[nH+]cc(Br)c2ccccc12. The van der Waals surface area contributed by atoms with Crippen molar-refractivity contribution in [3.63, 3.8) is 0 Å². The number of nitrogens with two attached hydrogens (primary N) is 1. The Kier molecular flexibility index (Phi) is 1.73. The summed E-state index contributed by atoms with van der Waals surface area (Å²) in [6.45, 7) is 0. The maximum absolute atomic E-state index is 5.75. The molecule has 0 fully saturated rings. The van der Waals surface area contributed by atoms with E-state index in [9.17, 15) is 0 Å². The second-order valence-electron chi connectivity index (χ2n) is 2.60. The highest BCUT2D eigenvalue weighted by Gasteiger charge is 2.04. The first kappa shape index (κ1) is 7.55. The zero-order chi connectivity index (χ0) is 8.55. The summed E-state index contributed by atoms with van der Waals surface area (Å²) < 4.78 is 1.03. The fourth-order valence-electron chi connectivity index (χ4n) is 1.22. The lowest BCUT2D eigenvalue weighted by Crippen LogP contribution is -2.09. The van der Waals surface area contributed by atoms with Crippen LogP contribution in [0, 0.1) is 0 Å². The van der Waals surface area contributed by atoms with Crippen LogP contribution >= 0.6 is 15.9 Å². The first-order valence-electron chi connectivity index (χ1n) is 3.63. The number of hydrogen-bond donors (Lipinski definition) is 1. The van der Waals surface area contributed by atoms with Gasteiger partial charge in [-0.15, -0.1) is 0 Å². The van der Waals surface area contributed by atoms with E-state index in [1.807, 2.05) is 30.5 Å². The molecule has 0 saturated carbocycles. The van der Waals surface area contributed by atoms with E-state index in [2.05, 4.69) is 20.9 Å². The number of halogens is 1. The van der Waals surface area contributed by atoms with E-state index in [4.69, 9.17) is 5.73 Å². The van der Waals surface area contributed by atoms with Crippen LogP contribution in [0.5, 0.6) is 0 Å². The van der Waals surface area contributed by atoms with Crippen molar-refractivity contribution in [1.82, 2.24) is 0 Å². The van der Waals surface area contributed by atoms with Crippen LogP contribution in [-0.4, -0.2) is 0 Å². The quantitative estimate of drug-likeness (QED) is 0.730. The minimum Gasteiger partial charge on any atom is -0.287 e. The van der Waals surface area contributed by atoms with Crippen molar-refractivity contribution in [2.75, 3.05) is 5.73 Å². The molecule has 12 heavy (non-hydrogen) atoms. The fourth-order valence-corrected chi connectivity index (χ4v) is 1.68. The summed E-state index contributed by atoms with van der Waals surface area (Å²) in [5, 5.41) is 2.18. The summed E-state index contributed by atoms with van der Waals surface area (Å²) >= 11 is 3.44. The van der Waals surface area contributed by atoms with Crippen molar-refractivity contribution in [2.24, 2.45) is 0 Å². The van der Waals surface area contributed by atoms with Crippen LogP contribution < -0.4 is 10.7 Å². The van der Waals surface area contributed by atoms with E-state index >= 15 is 0 Å². The molecule has 0 aliphatic heterocycles. The minimum atomic E-state index is 0.703. The normalized spacial score (nSPS) is 10.4. The molecular formula is C9H8BrN2+. The third-order valence-corrected chi connectivity index (χ3v) is 2.49. The predicted octanol–water partition coefficient (Wildman–Crippen LogP) is 2.00. The fraction of sp³-hybridized carbons (Fsp3) is 0. The monoisotopic (exact) mass is 223 g/mol. The van der Waals surface area contributed by atoms with E-state index in [1.165, 1.54) is 0 Å². The molecule has 0 unspecified atom stereocenters. The van der Waals surface area contributed by atoms with E-state index in [0.717, 1.165) is 15.2 Å². The maximum atomic E-state index is 5.75. The van der Waals surface area contributed by atoms with Crippen LogP contribution in [-0.2, 0) is 0 Å². The molecule has 1 aromatic carbocycles. The lowest BCUT2D eigenvalue weighted by molar-refractivity contribution is -0.359. The van der Waals surface area contributed by atoms with Crippen LogP contribution in [0.3, 0.4) is 0 Å². The Balaban J connectivity index is 2.95. The second kappa shape index (κ2) is 2.75. The second-order valence-corrected chi connectivity index (χ2v) is 3.45. The van der Waals surface area contributed by atoms with Crippen molar-refractivity contribution in [3.05, 3.63) is 34.9 Å². The van der Waals surface area contributed by atoms with E-state index in [1.54, 1.807) is 0 Å². The van der Waals surface area contributed by atoms with E-state index < -0.39 is 0 Å². The highest BCUT2D eigenvalue weighted by atomic mass is 79.9. The number of hydrogen-bond acceptors (Lipinski definition) is 1. The molecule has 2 rings (SSSR count). The molecule has 0 aliphatic carbocycles. The Labute approximate surface area is 78.5 Å². The van der Waals surface area contributed by atoms with Crippen LogP contribution in [0.2, 0.25) is 0 Å². The lowest BCUT2D eigenvalue weighted by atomic mass is 10.2. The molecule has 60 valence electrons. The van der Waals surface area contributed by atoms with Crippen molar-refractivity contribution < 1.29 is 4.98 Å². The van der Waals surface area contributed by atoms with Crippen LogP contribution in [0.25, 0.3) is 10.8 Å². The third kappa shape index (κ3) is 1.06. The first-order chi connectivity index (χ1) is 5.79. The van der Waals surface area contributed by atoms with Crippen molar-refractivity contribution in [2.45, 2.75) is 0 Å². The molecule has 0 bridgehead atoms. The Morgan fingerprint density at radius 2 is 1.83 bits per heavy atom. The van der Waals surface area contributed by atoms with Gasteiger partial charge in [-0.05, 0) is 22.0 Å². The number of aromatic nitrogens is 1. The number of benzene rings is 1. The van der Waals surface area contributed by atoms with Crippen molar-refractivity contribution in [3.8, 4) is 0 Å². The largest absolute Gasteiger partial charge is 0.287 e. The van der Waals surface area contributed by atoms with Gasteiger partial charge in [0, 0.05) is 5.39 Å². The summed E-state index contributed by atoms with van der Waals surface area (Å²) in [6, 6.07) is 7.99. The molecule has 2 nitrogen and oxygen atoms in total. The molecule has 1 heterocycles. The number of nitrogens with one attached hydrogen (secondary N) is 1. The van der Waals surface area contributed by atoms with Crippen LogP contribution in [0.15, 0.2) is 34.9 Å². The Morgan fingerprint density at radius 1 is 1.17 bits per heavy atom. The minimum absolute atomic E-state index is 0.703. The number of nitrogen functional groups attached to an aromatic ring is 1. The summed E-state index contributed by atoms with van der Waals surface area (Å²) in [4.78, 5) is 2.97. The van der Waals surface area contributed by atoms with E-state index in [-0.39, 0.29) is 0 Å². The van der Waals surface area contributed by atoms with Crippen molar-refractivity contribution in [1.29, 1.82) is 0 Å². The van der Waals surface area contributed by atoms with Gasteiger partial charge in [0.25, 0.3) is 5.82 Å². The Hall–Kier alpha value is -1.09. The molecule has 3 heteroatoms. The molecule has 0 radical (unpaired) electrons. The van der Waals surface area contributed by atoms with Gasteiger partial charge in [0.15, 0.2) is 0 Å². The molecule has 0 atom stereocenters. The first-order valence-corrected chi connectivity index (χ1v) is 4.43.